The average Bonchev–Trinajstić information content (AvgIpc) is 3.18. The van der Waals surface area contributed by atoms with Crippen LogP contribution in [0.5, 0.6) is 0 Å². The van der Waals surface area contributed by atoms with E-state index in [0.29, 0.717) is 35.3 Å². The molecule has 8 nitrogen and oxygen atoms in total. The van der Waals surface area contributed by atoms with Crippen molar-refractivity contribution < 1.29 is 22.7 Å². The number of nitrogens with zero attached hydrogens (tertiary/aromatic N) is 3. The number of unbranched alkanes of at least 4 members (excludes halogenated alkanes) is 2. The van der Waals surface area contributed by atoms with Gasteiger partial charge < -0.3 is 4.74 Å². The van der Waals surface area contributed by atoms with Crippen molar-refractivity contribution in [1.82, 2.24) is 9.29 Å². The Morgan fingerprint density at radius 3 is 2.39 bits per heavy atom. The lowest BCUT2D eigenvalue weighted by Gasteiger charge is -2.21. The first kappa shape index (κ1) is 26.9. The molecular weight excluding hydrogens is 462 g/mol. The Labute approximate surface area is 200 Å². The van der Waals surface area contributed by atoms with Crippen molar-refractivity contribution in [2.45, 2.75) is 58.8 Å². The highest BCUT2D eigenvalue weighted by Crippen LogP contribution is 2.29. The molecule has 0 unspecified atom stereocenters. The summed E-state index contributed by atoms with van der Waals surface area (Å²) >= 11 is 1.11. The summed E-state index contributed by atoms with van der Waals surface area (Å²) in [6.45, 7) is 10.4. The standard InChI is InChI=1S/C23H33N3O5S2/c1-6-10-11-15-26(23-24-17(5)20(32-23)22(28)31-9-4)21(27)18-13-12-14-19(16-18)33(29,30)25(7-2)8-3/h12-14,16H,6-11,15H2,1-5H3. The number of amides is 1. The minimum atomic E-state index is -3.70. The molecule has 0 aliphatic carbocycles. The molecule has 0 fully saturated rings. The molecule has 0 aliphatic heterocycles. The van der Waals surface area contributed by atoms with Crippen LogP contribution in [0.15, 0.2) is 29.2 Å². The molecule has 182 valence electrons. The van der Waals surface area contributed by atoms with E-state index < -0.39 is 16.0 Å². The summed E-state index contributed by atoms with van der Waals surface area (Å²) < 4.78 is 32.3. The number of thiazole rings is 1. The molecule has 1 amide bonds. The Morgan fingerprint density at radius 2 is 1.79 bits per heavy atom. The molecule has 0 atom stereocenters. The van der Waals surface area contributed by atoms with E-state index in [1.54, 1.807) is 39.8 Å². The maximum absolute atomic E-state index is 13.5. The van der Waals surface area contributed by atoms with Gasteiger partial charge in [0.05, 0.1) is 17.2 Å². The topological polar surface area (TPSA) is 96.9 Å². The number of ether oxygens (including phenoxy) is 1. The molecule has 33 heavy (non-hydrogen) atoms. The third-order valence-corrected chi connectivity index (χ3v) is 8.34. The quantitative estimate of drug-likeness (QED) is 0.318. The summed E-state index contributed by atoms with van der Waals surface area (Å²) in [4.78, 5) is 32.2. The lowest BCUT2D eigenvalue weighted by Crippen LogP contribution is -2.33. The number of aromatic nitrogens is 1. The third-order valence-electron chi connectivity index (χ3n) is 5.13. The summed E-state index contributed by atoms with van der Waals surface area (Å²) in [5, 5.41) is 0.397. The van der Waals surface area contributed by atoms with Crippen molar-refractivity contribution in [3.63, 3.8) is 0 Å². The number of anilines is 1. The Balaban J connectivity index is 2.45. The van der Waals surface area contributed by atoms with E-state index in [0.717, 1.165) is 30.6 Å². The van der Waals surface area contributed by atoms with E-state index in [2.05, 4.69) is 11.9 Å². The zero-order valence-corrected chi connectivity index (χ0v) is 21.6. The number of carbonyl (C=O) groups excluding carboxylic acids is 2. The molecule has 1 aromatic heterocycles. The minimum Gasteiger partial charge on any atom is -0.462 e. The summed E-state index contributed by atoms with van der Waals surface area (Å²) in [5.74, 6) is -0.820. The van der Waals surface area contributed by atoms with E-state index in [1.807, 2.05) is 0 Å². The van der Waals surface area contributed by atoms with Crippen LogP contribution in [0.1, 0.15) is 72.7 Å². The molecule has 2 rings (SSSR count). The van der Waals surface area contributed by atoms with Crippen molar-refractivity contribution >= 4 is 38.4 Å². The molecule has 0 saturated carbocycles. The fourth-order valence-corrected chi connectivity index (χ4v) is 5.84. The van der Waals surface area contributed by atoms with Gasteiger partial charge >= 0.3 is 5.97 Å². The zero-order chi connectivity index (χ0) is 24.6. The predicted octanol–water partition coefficient (Wildman–Crippen LogP) is 4.50. The summed E-state index contributed by atoms with van der Waals surface area (Å²) in [5.41, 5.74) is 0.755. The fourth-order valence-electron chi connectivity index (χ4n) is 3.35. The third kappa shape index (κ3) is 6.39. The van der Waals surface area contributed by atoms with E-state index in [9.17, 15) is 18.0 Å². The van der Waals surface area contributed by atoms with Crippen LogP contribution in [0, 0.1) is 6.92 Å². The van der Waals surface area contributed by atoms with Crippen LogP contribution >= 0.6 is 11.3 Å². The Hall–Kier alpha value is -2.30. The van der Waals surface area contributed by atoms with E-state index >= 15 is 0 Å². The second-order valence-corrected chi connectivity index (χ2v) is 10.3. The SMILES string of the molecule is CCCCCN(C(=O)c1cccc(S(=O)(=O)N(CC)CC)c1)c1nc(C)c(C(=O)OCC)s1. The number of benzene rings is 1. The van der Waals surface area contributed by atoms with Gasteiger partial charge in [0.25, 0.3) is 5.91 Å². The smallest absolute Gasteiger partial charge is 0.350 e. The van der Waals surface area contributed by atoms with Crippen molar-refractivity contribution in [3.05, 3.63) is 40.4 Å². The van der Waals surface area contributed by atoms with Gasteiger partial charge in [0.1, 0.15) is 4.88 Å². The van der Waals surface area contributed by atoms with Gasteiger partial charge in [-0.1, -0.05) is 51.0 Å². The number of esters is 1. The van der Waals surface area contributed by atoms with Crippen molar-refractivity contribution in [2.24, 2.45) is 0 Å². The van der Waals surface area contributed by atoms with Crippen LogP contribution in [0.4, 0.5) is 5.13 Å². The monoisotopic (exact) mass is 495 g/mol. The Morgan fingerprint density at radius 1 is 1.09 bits per heavy atom. The molecular formula is C23H33N3O5S2. The summed E-state index contributed by atoms with van der Waals surface area (Å²) in [6, 6.07) is 6.09. The van der Waals surface area contributed by atoms with Gasteiger partial charge in [-0.15, -0.1) is 0 Å². The summed E-state index contributed by atoms with van der Waals surface area (Å²) in [7, 11) is -3.70. The second kappa shape index (κ2) is 12.2. The first-order chi connectivity index (χ1) is 15.7. The van der Waals surface area contributed by atoms with Gasteiger partial charge in [0, 0.05) is 25.2 Å². The van der Waals surface area contributed by atoms with Crippen molar-refractivity contribution in [1.29, 1.82) is 0 Å². The molecule has 2 aromatic rings. The maximum atomic E-state index is 13.5. The van der Waals surface area contributed by atoms with Crippen LogP contribution in [-0.4, -0.2) is 55.8 Å². The lowest BCUT2D eigenvalue weighted by molar-refractivity contribution is 0.0531. The Bertz CT molecular complexity index is 1060. The normalized spacial score (nSPS) is 11.6. The van der Waals surface area contributed by atoms with Crippen molar-refractivity contribution in [2.75, 3.05) is 31.1 Å². The van der Waals surface area contributed by atoms with Crippen LogP contribution in [0.25, 0.3) is 0 Å². The molecule has 0 saturated heterocycles. The average molecular weight is 496 g/mol. The largest absolute Gasteiger partial charge is 0.462 e. The fraction of sp³-hybridized carbons (Fsp3) is 0.522. The highest BCUT2D eigenvalue weighted by atomic mass is 32.2. The number of rotatable bonds is 12. The van der Waals surface area contributed by atoms with Gasteiger partial charge in [-0.2, -0.15) is 4.31 Å². The van der Waals surface area contributed by atoms with E-state index in [1.165, 1.54) is 21.3 Å². The van der Waals surface area contributed by atoms with Crippen LogP contribution in [0.2, 0.25) is 0 Å². The molecule has 0 radical (unpaired) electrons. The van der Waals surface area contributed by atoms with Crippen LogP contribution in [-0.2, 0) is 14.8 Å². The highest BCUT2D eigenvalue weighted by Gasteiger charge is 2.27. The molecule has 0 N–H and O–H groups in total. The van der Waals surface area contributed by atoms with E-state index in [4.69, 9.17) is 4.74 Å². The number of carbonyl (C=O) groups is 2. The first-order valence-corrected chi connectivity index (χ1v) is 13.5. The van der Waals surface area contributed by atoms with Gasteiger partial charge in [0.15, 0.2) is 5.13 Å². The number of aryl methyl sites for hydroxylation is 1. The molecule has 1 heterocycles. The first-order valence-electron chi connectivity index (χ1n) is 11.3. The molecule has 0 bridgehead atoms. The zero-order valence-electron chi connectivity index (χ0n) is 20.0. The molecule has 0 spiro atoms. The maximum Gasteiger partial charge on any atom is 0.350 e. The lowest BCUT2D eigenvalue weighted by atomic mass is 10.2. The van der Waals surface area contributed by atoms with Crippen LogP contribution < -0.4 is 4.90 Å². The minimum absolute atomic E-state index is 0.0769. The molecule has 1 aromatic carbocycles. The second-order valence-electron chi connectivity index (χ2n) is 7.41. The van der Waals surface area contributed by atoms with Gasteiger partial charge in [0.2, 0.25) is 10.0 Å². The highest BCUT2D eigenvalue weighted by molar-refractivity contribution is 7.89. The van der Waals surface area contributed by atoms with Gasteiger partial charge in [-0.25, -0.2) is 18.2 Å². The predicted molar refractivity (Wildman–Crippen MR) is 131 cm³/mol. The summed E-state index contributed by atoms with van der Waals surface area (Å²) in [6.07, 6.45) is 2.66. The number of hydrogen-bond acceptors (Lipinski definition) is 7. The number of sulfonamides is 1. The van der Waals surface area contributed by atoms with Crippen LogP contribution in [0.3, 0.4) is 0 Å². The van der Waals surface area contributed by atoms with Crippen molar-refractivity contribution in [3.8, 4) is 0 Å². The Kier molecular flexibility index (Phi) is 10.00. The van der Waals surface area contributed by atoms with E-state index in [-0.39, 0.29) is 23.0 Å². The number of hydrogen-bond donors (Lipinski definition) is 0. The van der Waals surface area contributed by atoms with Gasteiger partial charge in [-0.05, 0) is 38.5 Å². The molecule has 10 heteroatoms. The van der Waals surface area contributed by atoms with Gasteiger partial charge in [-0.3, -0.25) is 9.69 Å². The molecule has 0 aliphatic rings.